The van der Waals surface area contributed by atoms with E-state index in [0.29, 0.717) is 30.4 Å². The molecule has 0 aromatic heterocycles. The van der Waals surface area contributed by atoms with E-state index in [1.807, 2.05) is 21.0 Å². The molecule has 0 unspecified atom stereocenters. The molecule has 0 fully saturated rings. The van der Waals surface area contributed by atoms with Gasteiger partial charge in [0.05, 0.1) is 13.7 Å². The second-order valence-corrected chi connectivity index (χ2v) is 6.61. The van der Waals surface area contributed by atoms with Crippen molar-refractivity contribution in [3.63, 3.8) is 0 Å². The minimum absolute atomic E-state index is 0.0733. The van der Waals surface area contributed by atoms with Gasteiger partial charge in [0, 0.05) is 24.2 Å². The first-order chi connectivity index (χ1) is 12.2. The van der Waals surface area contributed by atoms with Crippen molar-refractivity contribution in [3.05, 3.63) is 23.8 Å². The number of hydrogen-bond acceptors (Lipinski definition) is 4. The molecule has 0 saturated heterocycles. The summed E-state index contributed by atoms with van der Waals surface area (Å²) >= 11 is 0. The largest absolute Gasteiger partial charge is 0.497 e. The van der Waals surface area contributed by atoms with Crippen LogP contribution in [-0.4, -0.2) is 57.3 Å². The van der Waals surface area contributed by atoms with E-state index in [4.69, 9.17) is 4.74 Å². The Morgan fingerprint density at radius 1 is 1.27 bits per heavy atom. The summed E-state index contributed by atoms with van der Waals surface area (Å²) in [6.45, 7) is 4.83. The van der Waals surface area contributed by atoms with Crippen LogP contribution in [-0.2, 0) is 6.54 Å². The third kappa shape index (κ3) is 7.03. The predicted octanol–water partition coefficient (Wildman–Crippen LogP) is 2.69. The van der Waals surface area contributed by atoms with Crippen LogP contribution >= 0.6 is 0 Å². The lowest BCUT2D eigenvalue weighted by Gasteiger charge is -2.33. The number of methoxy groups -OCH3 is 1. The van der Waals surface area contributed by atoms with Gasteiger partial charge in [-0.05, 0) is 53.1 Å². The SMILES string of the molecule is CCNC(=NCc1cc(OC)ccc1OC(F)F)NCC(C)(C)N(C)C. The maximum atomic E-state index is 12.6. The van der Waals surface area contributed by atoms with Crippen LogP contribution in [0.4, 0.5) is 8.78 Å². The summed E-state index contributed by atoms with van der Waals surface area (Å²) in [5.74, 6) is 1.26. The first kappa shape index (κ1) is 22.0. The maximum Gasteiger partial charge on any atom is 0.387 e. The van der Waals surface area contributed by atoms with E-state index in [0.717, 1.165) is 0 Å². The van der Waals surface area contributed by atoms with Crippen LogP contribution in [0.3, 0.4) is 0 Å². The molecule has 0 radical (unpaired) electrons. The summed E-state index contributed by atoms with van der Waals surface area (Å²) in [7, 11) is 5.54. The van der Waals surface area contributed by atoms with Crippen LogP contribution in [0.25, 0.3) is 0 Å². The van der Waals surface area contributed by atoms with Crippen molar-refractivity contribution in [2.75, 3.05) is 34.3 Å². The Kier molecular flexibility index (Phi) is 8.57. The molecule has 0 bridgehead atoms. The minimum Gasteiger partial charge on any atom is -0.497 e. The van der Waals surface area contributed by atoms with E-state index in [1.54, 1.807) is 12.1 Å². The summed E-state index contributed by atoms with van der Waals surface area (Å²) in [5, 5.41) is 6.43. The highest BCUT2D eigenvalue weighted by atomic mass is 19.3. The van der Waals surface area contributed by atoms with E-state index >= 15 is 0 Å². The molecule has 6 nitrogen and oxygen atoms in total. The molecule has 1 rings (SSSR count). The van der Waals surface area contributed by atoms with Crippen molar-refractivity contribution in [2.45, 2.75) is 39.5 Å². The van der Waals surface area contributed by atoms with E-state index in [-0.39, 0.29) is 17.8 Å². The van der Waals surface area contributed by atoms with Gasteiger partial charge in [0.2, 0.25) is 0 Å². The van der Waals surface area contributed by atoms with Crippen molar-refractivity contribution >= 4 is 5.96 Å². The average Bonchev–Trinajstić information content (AvgIpc) is 2.57. The van der Waals surface area contributed by atoms with E-state index < -0.39 is 6.61 Å². The fraction of sp³-hybridized carbons (Fsp3) is 0.611. The average molecular weight is 372 g/mol. The number of guanidine groups is 1. The van der Waals surface area contributed by atoms with Crippen LogP contribution in [0.15, 0.2) is 23.2 Å². The standard InChI is InChI=1S/C18H30F2N4O2/c1-7-21-17(23-12-18(2,3)24(4)5)22-11-13-10-14(25-6)8-9-15(13)26-16(19)20/h8-10,16H,7,11-12H2,1-6H3,(H2,21,22,23). The quantitative estimate of drug-likeness (QED) is 0.516. The van der Waals surface area contributed by atoms with Crippen LogP contribution in [0.5, 0.6) is 11.5 Å². The molecule has 26 heavy (non-hydrogen) atoms. The van der Waals surface area contributed by atoms with Gasteiger partial charge in [-0.1, -0.05) is 0 Å². The van der Waals surface area contributed by atoms with E-state index in [9.17, 15) is 8.78 Å². The number of rotatable bonds is 9. The number of aliphatic imine (C=N–C) groups is 1. The Bertz CT molecular complexity index is 593. The molecule has 0 aliphatic heterocycles. The number of alkyl halides is 2. The highest BCUT2D eigenvalue weighted by molar-refractivity contribution is 5.79. The van der Waals surface area contributed by atoms with Gasteiger partial charge >= 0.3 is 6.61 Å². The fourth-order valence-corrected chi connectivity index (χ4v) is 1.98. The number of nitrogens with one attached hydrogen (secondary N) is 2. The summed E-state index contributed by atoms with van der Waals surface area (Å²) in [6.07, 6.45) is 0. The highest BCUT2D eigenvalue weighted by Crippen LogP contribution is 2.26. The smallest absolute Gasteiger partial charge is 0.387 e. The molecule has 1 aromatic carbocycles. The Labute approximate surface area is 154 Å². The van der Waals surface area contributed by atoms with Crippen molar-refractivity contribution < 1.29 is 18.3 Å². The summed E-state index contributed by atoms with van der Waals surface area (Å²) < 4.78 is 35.0. The maximum absolute atomic E-state index is 12.6. The molecular formula is C18H30F2N4O2. The van der Waals surface area contributed by atoms with Crippen molar-refractivity contribution in [2.24, 2.45) is 4.99 Å². The molecule has 2 N–H and O–H groups in total. The van der Waals surface area contributed by atoms with Crippen LogP contribution in [0, 0.1) is 0 Å². The molecule has 0 atom stereocenters. The monoisotopic (exact) mass is 372 g/mol. The van der Waals surface area contributed by atoms with Crippen LogP contribution in [0.1, 0.15) is 26.3 Å². The van der Waals surface area contributed by atoms with Gasteiger partial charge in [0.25, 0.3) is 0 Å². The minimum atomic E-state index is -2.89. The number of nitrogens with zero attached hydrogens (tertiary/aromatic N) is 2. The van der Waals surface area contributed by atoms with Gasteiger partial charge in [0.15, 0.2) is 5.96 Å². The predicted molar refractivity (Wildman–Crippen MR) is 100 cm³/mol. The number of likely N-dealkylation sites (N-methyl/N-ethyl adjacent to an activating group) is 1. The zero-order valence-electron chi connectivity index (χ0n) is 16.4. The molecule has 0 spiro atoms. The fourth-order valence-electron chi connectivity index (χ4n) is 1.98. The van der Waals surface area contributed by atoms with Gasteiger partial charge in [-0.25, -0.2) is 4.99 Å². The Hall–Kier alpha value is -2.09. The molecule has 1 aromatic rings. The van der Waals surface area contributed by atoms with Gasteiger partial charge in [-0.15, -0.1) is 0 Å². The first-order valence-corrected chi connectivity index (χ1v) is 8.51. The molecule has 148 valence electrons. The van der Waals surface area contributed by atoms with Crippen molar-refractivity contribution in [1.29, 1.82) is 0 Å². The summed E-state index contributed by atoms with van der Waals surface area (Å²) in [4.78, 5) is 6.60. The van der Waals surface area contributed by atoms with Crippen LogP contribution < -0.4 is 20.1 Å². The topological polar surface area (TPSA) is 58.1 Å². The van der Waals surface area contributed by atoms with Gasteiger partial charge in [-0.2, -0.15) is 8.78 Å². The van der Waals surface area contributed by atoms with Crippen LogP contribution in [0.2, 0.25) is 0 Å². The van der Waals surface area contributed by atoms with Gasteiger partial charge < -0.3 is 25.0 Å². The summed E-state index contributed by atoms with van der Waals surface area (Å²) in [6, 6.07) is 4.69. The lowest BCUT2D eigenvalue weighted by molar-refractivity contribution is -0.0504. The molecule has 0 amide bonds. The second kappa shape index (κ2) is 10.2. The normalized spacial score (nSPS) is 12.5. The summed E-state index contributed by atoms with van der Waals surface area (Å²) in [5.41, 5.74) is 0.449. The first-order valence-electron chi connectivity index (χ1n) is 8.51. The number of hydrogen-bond donors (Lipinski definition) is 2. The van der Waals surface area contributed by atoms with Crippen molar-refractivity contribution in [1.82, 2.24) is 15.5 Å². The number of ether oxygens (including phenoxy) is 2. The molecule has 8 heteroatoms. The van der Waals surface area contributed by atoms with E-state index in [2.05, 4.69) is 39.1 Å². The third-order valence-electron chi connectivity index (χ3n) is 4.13. The molecule has 0 heterocycles. The van der Waals surface area contributed by atoms with Gasteiger partial charge in [0.1, 0.15) is 11.5 Å². The number of benzene rings is 1. The zero-order valence-corrected chi connectivity index (χ0v) is 16.4. The Morgan fingerprint density at radius 2 is 1.96 bits per heavy atom. The molecule has 0 aliphatic rings. The molecular weight excluding hydrogens is 342 g/mol. The lowest BCUT2D eigenvalue weighted by Crippen LogP contribution is -2.50. The van der Waals surface area contributed by atoms with Gasteiger partial charge in [-0.3, -0.25) is 0 Å². The molecule has 0 aliphatic carbocycles. The Morgan fingerprint density at radius 3 is 2.50 bits per heavy atom. The van der Waals surface area contributed by atoms with E-state index in [1.165, 1.54) is 13.2 Å². The highest BCUT2D eigenvalue weighted by Gasteiger charge is 2.20. The second-order valence-electron chi connectivity index (χ2n) is 6.61. The third-order valence-corrected chi connectivity index (χ3v) is 4.13. The zero-order chi connectivity index (χ0) is 19.7. The number of halogens is 2. The lowest BCUT2D eigenvalue weighted by atomic mass is 10.0. The molecule has 0 saturated carbocycles. The Balaban J connectivity index is 2.94. The van der Waals surface area contributed by atoms with Crippen molar-refractivity contribution in [3.8, 4) is 11.5 Å².